The summed E-state index contributed by atoms with van der Waals surface area (Å²) in [6.07, 6.45) is 1.82. The van der Waals surface area contributed by atoms with E-state index in [4.69, 9.17) is 5.11 Å². The Kier molecular flexibility index (Phi) is 3.23. The molecule has 0 amide bonds. The number of rotatable bonds is 3. The Morgan fingerprint density at radius 1 is 1.64 bits per heavy atom. The Morgan fingerprint density at radius 3 is 2.86 bits per heavy atom. The van der Waals surface area contributed by atoms with Crippen LogP contribution in [0.3, 0.4) is 0 Å². The van der Waals surface area contributed by atoms with Gasteiger partial charge in [0.2, 0.25) is 5.70 Å². The maximum Gasteiger partial charge on any atom is 0.246 e. The van der Waals surface area contributed by atoms with Crippen molar-refractivity contribution in [2.24, 2.45) is 0 Å². The number of hydrogen-bond acceptors (Lipinski definition) is 3. The average Bonchev–Trinajstić information content (AvgIpc) is 2.14. The molecule has 0 bridgehead atoms. The number of phenolic OH excluding ortho intramolecular Hbond substituents is 1. The predicted octanol–water partition coefficient (Wildman–Crippen LogP) is 2.42. The van der Waals surface area contributed by atoms with Gasteiger partial charge in [-0.1, -0.05) is 19.1 Å². The monoisotopic (exact) mass is 193 g/mol. The number of nitro groups is 1. The lowest BCUT2D eigenvalue weighted by molar-refractivity contribution is -0.425. The van der Waals surface area contributed by atoms with Gasteiger partial charge in [-0.25, -0.2) is 0 Å². The van der Waals surface area contributed by atoms with Crippen LogP contribution < -0.4 is 0 Å². The van der Waals surface area contributed by atoms with Gasteiger partial charge < -0.3 is 5.11 Å². The molecule has 0 aromatic heterocycles. The normalized spacial score (nSPS) is 11.4. The van der Waals surface area contributed by atoms with Gasteiger partial charge in [-0.05, 0) is 17.7 Å². The molecule has 1 aromatic carbocycles. The molecule has 14 heavy (non-hydrogen) atoms. The topological polar surface area (TPSA) is 63.4 Å². The van der Waals surface area contributed by atoms with Crippen LogP contribution in [0.1, 0.15) is 18.9 Å². The Balaban J connectivity index is 3.00. The van der Waals surface area contributed by atoms with E-state index in [0.717, 1.165) is 0 Å². The zero-order valence-electron chi connectivity index (χ0n) is 7.80. The van der Waals surface area contributed by atoms with E-state index < -0.39 is 4.92 Å². The van der Waals surface area contributed by atoms with Crippen molar-refractivity contribution in [1.29, 1.82) is 0 Å². The van der Waals surface area contributed by atoms with Crippen LogP contribution in [0.4, 0.5) is 0 Å². The number of benzene rings is 1. The van der Waals surface area contributed by atoms with Gasteiger partial charge in [0.15, 0.2) is 0 Å². The van der Waals surface area contributed by atoms with Crippen molar-refractivity contribution in [2.45, 2.75) is 13.3 Å². The minimum atomic E-state index is -0.413. The number of hydrogen-bond donors (Lipinski definition) is 1. The molecule has 0 heterocycles. The highest BCUT2D eigenvalue weighted by molar-refractivity contribution is 5.52. The standard InChI is InChI=1S/C10H11NO3/c1-2-9(11(13)14)6-8-4-3-5-10(12)7-8/h3-7,12H,2H2,1H3. The van der Waals surface area contributed by atoms with Gasteiger partial charge >= 0.3 is 0 Å². The van der Waals surface area contributed by atoms with Crippen LogP contribution in [-0.2, 0) is 0 Å². The smallest absolute Gasteiger partial charge is 0.246 e. The van der Waals surface area contributed by atoms with E-state index in [-0.39, 0.29) is 11.4 Å². The third kappa shape index (κ3) is 2.58. The molecule has 0 saturated carbocycles. The zero-order chi connectivity index (χ0) is 10.6. The lowest BCUT2D eigenvalue weighted by Crippen LogP contribution is -1.96. The maximum absolute atomic E-state index is 10.5. The van der Waals surface area contributed by atoms with E-state index in [0.29, 0.717) is 12.0 Å². The number of nitrogens with zero attached hydrogens (tertiary/aromatic N) is 1. The molecule has 0 unspecified atom stereocenters. The van der Waals surface area contributed by atoms with Gasteiger partial charge in [0.1, 0.15) is 5.75 Å². The highest BCUT2D eigenvalue weighted by Gasteiger charge is 2.06. The molecule has 0 spiro atoms. The fraction of sp³-hybridized carbons (Fsp3) is 0.200. The molecular weight excluding hydrogens is 182 g/mol. The number of allylic oxidation sites excluding steroid dienone is 1. The van der Waals surface area contributed by atoms with Crippen molar-refractivity contribution < 1.29 is 10.0 Å². The molecule has 0 atom stereocenters. The average molecular weight is 193 g/mol. The molecule has 0 radical (unpaired) electrons. The second-order valence-electron chi connectivity index (χ2n) is 2.84. The van der Waals surface area contributed by atoms with E-state index in [1.807, 2.05) is 0 Å². The third-order valence-corrected chi connectivity index (χ3v) is 1.80. The van der Waals surface area contributed by atoms with Gasteiger partial charge in [0.05, 0.1) is 4.92 Å². The van der Waals surface area contributed by atoms with Gasteiger partial charge in [0.25, 0.3) is 0 Å². The molecule has 4 nitrogen and oxygen atoms in total. The van der Waals surface area contributed by atoms with Gasteiger partial charge in [0, 0.05) is 12.5 Å². The molecule has 0 aliphatic carbocycles. The molecule has 0 fully saturated rings. The summed E-state index contributed by atoms with van der Waals surface area (Å²) in [5.74, 6) is 0.109. The fourth-order valence-corrected chi connectivity index (χ4v) is 1.09. The second-order valence-corrected chi connectivity index (χ2v) is 2.84. The fourth-order valence-electron chi connectivity index (χ4n) is 1.09. The molecule has 0 aliphatic heterocycles. The van der Waals surface area contributed by atoms with Gasteiger partial charge in [-0.15, -0.1) is 0 Å². The molecule has 0 aliphatic rings. The maximum atomic E-state index is 10.5. The summed E-state index contributed by atoms with van der Waals surface area (Å²) in [6.45, 7) is 1.72. The van der Waals surface area contributed by atoms with Crippen molar-refractivity contribution in [3.05, 3.63) is 45.6 Å². The van der Waals surface area contributed by atoms with Gasteiger partial charge in [-0.2, -0.15) is 0 Å². The van der Waals surface area contributed by atoms with Crippen molar-refractivity contribution in [2.75, 3.05) is 0 Å². The quantitative estimate of drug-likeness (QED) is 0.592. The Labute approximate surface area is 81.6 Å². The van der Waals surface area contributed by atoms with Crippen LogP contribution in [-0.4, -0.2) is 10.0 Å². The van der Waals surface area contributed by atoms with Crippen LogP contribution in [0, 0.1) is 10.1 Å². The minimum absolute atomic E-state index is 0.109. The highest BCUT2D eigenvalue weighted by Crippen LogP contribution is 2.15. The van der Waals surface area contributed by atoms with E-state index in [1.54, 1.807) is 19.1 Å². The first-order chi connectivity index (χ1) is 6.63. The molecule has 4 heteroatoms. The van der Waals surface area contributed by atoms with E-state index in [1.165, 1.54) is 18.2 Å². The first-order valence-electron chi connectivity index (χ1n) is 4.27. The summed E-state index contributed by atoms with van der Waals surface area (Å²) < 4.78 is 0. The van der Waals surface area contributed by atoms with Crippen molar-refractivity contribution in [1.82, 2.24) is 0 Å². The molecule has 1 N–H and O–H groups in total. The summed E-state index contributed by atoms with van der Waals surface area (Å²) in [5.41, 5.74) is 0.772. The van der Waals surface area contributed by atoms with E-state index >= 15 is 0 Å². The molecular formula is C10H11NO3. The molecule has 1 rings (SSSR count). The predicted molar refractivity (Wildman–Crippen MR) is 53.4 cm³/mol. The van der Waals surface area contributed by atoms with E-state index in [9.17, 15) is 10.1 Å². The highest BCUT2D eigenvalue weighted by atomic mass is 16.6. The largest absolute Gasteiger partial charge is 0.508 e. The lowest BCUT2D eigenvalue weighted by Gasteiger charge is -1.96. The zero-order valence-corrected chi connectivity index (χ0v) is 7.80. The van der Waals surface area contributed by atoms with Crippen molar-refractivity contribution in [3.63, 3.8) is 0 Å². The summed E-state index contributed by atoms with van der Waals surface area (Å²) in [5, 5.41) is 19.6. The van der Waals surface area contributed by atoms with Crippen molar-refractivity contribution in [3.8, 4) is 5.75 Å². The van der Waals surface area contributed by atoms with Crippen LogP contribution in [0.2, 0.25) is 0 Å². The Bertz CT molecular complexity index is 371. The summed E-state index contributed by atoms with van der Waals surface area (Å²) >= 11 is 0. The van der Waals surface area contributed by atoms with Crippen LogP contribution in [0.25, 0.3) is 6.08 Å². The second kappa shape index (κ2) is 4.41. The first-order valence-corrected chi connectivity index (χ1v) is 4.27. The van der Waals surface area contributed by atoms with Gasteiger partial charge in [-0.3, -0.25) is 10.1 Å². The van der Waals surface area contributed by atoms with Crippen LogP contribution in [0.15, 0.2) is 30.0 Å². The first kappa shape index (κ1) is 10.2. The third-order valence-electron chi connectivity index (χ3n) is 1.80. The molecule has 0 saturated heterocycles. The molecule has 1 aromatic rings. The summed E-state index contributed by atoms with van der Waals surface area (Å²) in [7, 11) is 0. The summed E-state index contributed by atoms with van der Waals surface area (Å²) in [4.78, 5) is 10.1. The SMILES string of the molecule is CCC(=Cc1cccc(O)c1)[N+](=O)[O-]. The number of aromatic hydroxyl groups is 1. The van der Waals surface area contributed by atoms with E-state index in [2.05, 4.69) is 0 Å². The van der Waals surface area contributed by atoms with Crippen LogP contribution >= 0.6 is 0 Å². The Morgan fingerprint density at radius 2 is 2.36 bits per heavy atom. The minimum Gasteiger partial charge on any atom is -0.508 e. The number of phenols is 1. The summed E-state index contributed by atoms with van der Waals surface area (Å²) in [6, 6.07) is 6.36. The van der Waals surface area contributed by atoms with Crippen LogP contribution in [0.5, 0.6) is 5.75 Å². The molecule has 74 valence electrons. The Hall–Kier alpha value is -1.84. The lowest BCUT2D eigenvalue weighted by atomic mass is 10.1. The van der Waals surface area contributed by atoms with Crippen molar-refractivity contribution >= 4 is 6.08 Å².